The summed E-state index contributed by atoms with van der Waals surface area (Å²) in [6, 6.07) is 8.98. The predicted octanol–water partition coefficient (Wildman–Crippen LogP) is 2.26. The molecule has 0 aromatic heterocycles. The molecule has 0 amide bonds. The van der Waals surface area contributed by atoms with Gasteiger partial charge in [-0.3, -0.25) is 0 Å². The summed E-state index contributed by atoms with van der Waals surface area (Å²) < 4.78 is 5.67. The fourth-order valence-corrected chi connectivity index (χ4v) is 2.94. The van der Waals surface area contributed by atoms with E-state index in [0.717, 1.165) is 25.2 Å². The van der Waals surface area contributed by atoms with Crippen LogP contribution in [0, 0.1) is 5.41 Å². The minimum Gasteiger partial charge on any atom is -0.493 e. The molecule has 98 valence electrons. The standard InChI is InChI=1S/C15H21NO2/c1-15(2)13(9-14(15)17)16-11-7-8-18-12-6-4-3-5-10(11)12/h3-6,11,13-14,16-17H,7-9H2,1-2H3. The smallest absolute Gasteiger partial charge is 0.124 e. The summed E-state index contributed by atoms with van der Waals surface area (Å²) in [5, 5.41) is 13.5. The van der Waals surface area contributed by atoms with Crippen molar-refractivity contribution >= 4 is 0 Å². The van der Waals surface area contributed by atoms with Crippen LogP contribution >= 0.6 is 0 Å². The summed E-state index contributed by atoms with van der Waals surface area (Å²) in [7, 11) is 0. The van der Waals surface area contributed by atoms with E-state index in [-0.39, 0.29) is 11.5 Å². The molecule has 0 spiro atoms. The van der Waals surface area contributed by atoms with E-state index in [1.54, 1.807) is 0 Å². The van der Waals surface area contributed by atoms with Gasteiger partial charge in [-0.1, -0.05) is 32.0 Å². The van der Waals surface area contributed by atoms with Crippen LogP contribution in [0.25, 0.3) is 0 Å². The van der Waals surface area contributed by atoms with Gasteiger partial charge in [0.15, 0.2) is 0 Å². The van der Waals surface area contributed by atoms with E-state index in [0.29, 0.717) is 12.1 Å². The number of hydrogen-bond acceptors (Lipinski definition) is 3. The van der Waals surface area contributed by atoms with Crippen molar-refractivity contribution in [2.75, 3.05) is 6.61 Å². The SMILES string of the molecule is CC1(C)C(O)CC1NC1CCOc2ccccc21. The molecule has 18 heavy (non-hydrogen) atoms. The van der Waals surface area contributed by atoms with E-state index in [1.807, 2.05) is 12.1 Å². The van der Waals surface area contributed by atoms with Gasteiger partial charge in [0, 0.05) is 29.5 Å². The molecule has 1 fully saturated rings. The molecule has 2 aliphatic rings. The highest BCUT2D eigenvalue weighted by Gasteiger charge is 2.48. The van der Waals surface area contributed by atoms with E-state index in [4.69, 9.17) is 4.74 Å². The number of para-hydroxylation sites is 1. The molecular formula is C15H21NO2. The molecule has 1 saturated carbocycles. The van der Waals surface area contributed by atoms with Gasteiger partial charge in [0.25, 0.3) is 0 Å². The summed E-state index contributed by atoms with van der Waals surface area (Å²) in [5.74, 6) is 0.999. The summed E-state index contributed by atoms with van der Waals surface area (Å²) in [4.78, 5) is 0. The number of aliphatic hydroxyl groups excluding tert-OH is 1. The van der Waals surface area contributed by atoms with Crippen LogP contribution in [0.2, 0.25) is 0 Å². The topological polar surface area (TPSA) is 41.5 Å². The molecule has 3 heteroatoms. The number of hydrogen-bond donors (Lipinski definition) is 2. The van der Waals surface area contributed by atoms with Crippen molar-refractivity contribution in [3.05, 3.63) is 29.8 Å². The largest absolute Gasteiger partial charge is 0.493 e. The van der Waals surface area contributed by atoms with Crippen LogP contribution in [0.15, 0.2) is 24.3 Å². The zero-order valence-electron chi connectivity index (χ0n) is 11.0. The van der Waals surface area contributed by atoms with Crippen LogP contribution in [0.1, 0.15) is 38.3 Å². The summed E-state index contributed by atoms with van der Waals surface area (Å²) in [6.07, 6.45) is 1.68. The highest BCUT2D eigenvalue weighted by Crippen LogP contribution is 2.43. The Hall–Kier alpha value is -1.06. The van der Waals surface area contributed by atoms with Gasteiger partial charge >= 0.3 is 0 Å². The van der Waals surface area contributed by atoms with Crippen molar-refractivity contribution in [1.29, 1.82) is 0 Å². The quantitative estimate of drug-likeness (QED) is 0.842. The molecule has 0 saturated heterocycles. The molecule has 2 N–H and O–H groups in total. The summed E-state index contributed by atoms with van der Waals surface area (Å²) >= 11 is 0. The minimum absolute atomic E-state index is 0.0206. The third-order valence-corrected chi connectivity index (χ3v) is 4.58. The average Bonchev–Trinajstić information content (AvgIpc) is 2.39. The normalized spacial score (nSPS) is 33.2. The first kappa shape index (κ1) is 12.0. The van der Waals surface area contributed by atoms with Gasteiger partial charge in [0.1, 0.15) is 5.75 Å². The molecule has 1 aromatic rings. The number of ether oxygens (including phenoxy) is 1. The molecular weight excluding hydrogens is 226 g/mol. The van der Waals surface area contributed by atoms with Gasteiger partial charge in [-0.05, 0) is 12.5 Å². The highest BCUT2D eigenvalue weighted by atomic mass is 16.5. The lowest BCUT2D eigenvalue weighted by Crippen LogP contribution is -2.60. The molecule has 1 heterocycles. The van der Waals surface area contributed by atoms with Crippen molar-refractivity contribution in [2.24, 2.45) is 5.41 Å². The Morgan fingerprint density at radius 2 is 2.11 bits per heavy atom. The predicted molar refractivity (Wildman–Crippen MR) is 70.6 cm³/mol. The van der Waals surface area contributed by atoms with E-state index in [2.05, 4.69) is 31.3 Å². The lowest BCUT2D eigenvalue weighted by Gasteiger charge is -2.51. The van der Waals surface area contributed by atoms with Crippen LogP contribution in [-0.4, -0.2) is 23.9 Å². The van der Waals surface area contributed by atoms with E-state index < -0.39 is 0 Å². The van der Waals surface area contributed by atoms with E-state index in [9.17, 15) is 5.11 Å². The van der Waals surface area contributed by atoms with E-state index in [1.165, 1.54) is 5.56 Å². The number of fused-ring (bicyclic) bond motifs is 1. The molecule has 3 nitrogen and oxygen atoms in total. The van der Waals surface area contributed by atoms with Crippen LogP contribution in [0.5, 0.6) is 5.75 Å². The summed E-state index contributed by atoms with van der Waals surface area (Å²) in [6.45, 7) is 5.03. The third kappa shape index (κ3) is 1.82. The zero-order valence-corrected chi connectivity index (χ0v) is 11.0. The van der Waals surface area contributed by atoms with Crippen LogP contribution in [0.4, 0.5) is 0 Å². The molecule has 0 bridgehead atoms. The monoisotopic (exact) mass is 247 g/mol. The van der Waals surface area contributed by atoms with Crippen LogP contribution in [-0.2, 0) is 0 Å². The molecule has 1 aliphatic carbocycles. The fourth-order valence-electron chi connectivity index (χ4n) is 2.94. The Balaban J connectivity index is 1.76. The Labute approximate surface area is 108 Å². The highest BCUT2D eigenvalue weighted by molar-refractivity contribution is 5.37. The average molecular weight is 247 g/mol. The first-order valence-electron chi connectivity index (χ1n) is 6.75. The van der Waals surface area contributed by atoms with Gasteiger partial charge in [-0.25, -0.2) is 0 Å². The number of nitrogens with one attached hydrogen (secondary N) is 1. The second-order valence-electron chi connectivity index (χ2n) is 6.02. The maximum absolute atomic E-state index is 9.81. The van der Waals surface area contributed by atoms with Gasteiger partial charge in [-0.2, -0.15) is 0 Å². The minimum atomic E-state index is -0.176. The second kappa shape index (κ2) is 4.25. The molecule has 3 atom stereocenters. The maximum Gasteiger partial charge on any atom is 0.124 e. The maximum atomic E-state index is 9.81. The van der Waals surface area contributed by atoms with Gasteiger partial charge < -0.3 is 15.2 Å². The van der Waals surface area contributed by atoms with Crippen LogP contribution in [0.3, 0.4) is 0 Å². The first-order valence-corrected chi connectivity index (χ1v) is 6.75. The molecule has 0 radical (unpaired) electrons. The lowest BCUT2D eigenvalue weighted by atomic mass is 9.64. The van der Waals surface area contributed by atoms with Crippen molar-refractivity contribution in [1.82, 2.24) is 5.32 Å². The zero-order chi connectivity index (χ0) is 12.8. The number of benzene rings is 1. The van der Waals surface area contributed by atoms with E-state index >= 15 is 0 Å². The molecule has 3 rings (SSSR count). The fraction of sp³-hybridized carbons (Fsp3) is 0.600. The molecule has 1 aliphatic heterocycles. The van der Waals surface area contributed by atoms with Crippen LogP contribution < -0.4 is 10.1 Å². The van der Waals surface area contributed by atoms with Crippen molar-refractivity contribution < 1.29 is 9.84 Å². The Morgan fingerprint density at radius 1 is 1.33 bits per heavy atom. The Kier molecular flexibility index (Phi) is 2.83. The lowest BCUT2D eigenvalue weighted by molar-refractivity contribution is -0.0771. The van der Waals surface area contributed by atoms with Gasteiger partial charge in [0.05, 0.1) is 12.7 Å². The third-order valence-electron chi connectivity index (χ3n) is 4.58. The van der Waals surface area contributed by atoms with Gasteiger partial charge in [-0.15, -0.1) is 0 Å². The first-order chi connectivity index (χ1) is 8.59. The van der Waals surface area contributed by atoms with Gasteiger partial charge in [0.2, 0.25) is 0 Å². The Morgan fingerprint density at radius 3 is 2.83 bits per heavy atom. The van der Waals surface area contributed by atoms with Crippen molar-refractivity contribution in [3.8, 4) is 5.75 Å². The van der Waals surface area contributed by atoms with Crippen molar-refractivity contribution in [3.63, 3.8) is 0 Å². The number of rotatable bonds is 2. The Bertz CT molecular complexity index is 444. The molecule has 1 aromatic carbocycles. The summed E-state index contributed by atoms with van der Waals surface area (Å²) in [5.41, 5.74) is 1.23. The number of aliphatic hydroxyl groups is 1. The van der Waals surface area contributed by atoms with Crippen molar-refractivity contribution in [2.45, 2.75) is 44.9 Å². The second-order valence-corrected chi connectivity index (χ2v) is 6.02. The molecule has 3 unspecified atom stereocenters.